The molecule has 0 amide bonds. The molecule has 1 atom stereocenters. The van der Waals surface area contributed by atoms with Crippen molar-refractivity contribution in [2.75, 3.05) is 60.0 Å². The molecule has 5 heteroatoms. The third kappa shape index (κ3) is 3.97. The van der Waals surface area contributed by atoms with Crippen molar-refractivity contribution < 1.29 is 9.47 Å². The monoisotopic (exact) mass is 319 g/mol. The first-order valence-corrected chi connectivity index (χ1v) is 8.71. The van der Waals surface area contributed by atoms with Gasteiger partial charge in [-0.25, -0.2) is 0 Å². The summed E-state index contributed by atoms with van der Waals surface area (Å²) in [6.07, 6.45) is 2.59. The van der Waals surface area contributed by atoms with Crippen LogP contribution in [0.2, 0.25) is 0 Å². The molecule has 0 radical (unpaired) electrons. The standard InChI is InChI=1S/C18H29N3O2/c1-22-15-5-6-18(23-2)16(13-15)17(21-9-3-4-10-21)14-20-11-7-19-8-12-20/h5-6,13,17,19H,3-4,7-12,14H2,1-2H3. The van der Waals surface area contributed by atoms with E-state index in [1.165, 1.54) is 31.5 Å². The minimum Gasteiger partial charge on any atom is -0.497 e. The maximum absolute atomic E-state index is 5.66. The van der Waals surface area contributed by atoms with Crippen molar-refractivity contribution >= 4 is 0 Å². The number of hydrogen-bond acceptors (Lipinski definition) is 5. The van der Waals surface area contributed by atoms with Gasteiger partial charge in [0.15, 0.2) is 0 Å². The fraction of sp³-hybridized carbons (Fsp3) is 0.667. The number of hydrogen-bond donors (Lipinski definition) is 1. The molecule has 0 saturated carbocycles. The summed E-state index contributed by atoms with van der Waals surface area (Å²) in [7, 11) is 3.49. The molecule has 1 aromatic carbocycles. The van der Waals surface area contributed by atoms with Gasteiger partial charge in [0.05, 0.1) is 20.3 Å². The van der Waals surface area contributed by atoms with E-state index in [0.29, 0.717) is 6.04 Å². The quantitative estimate of drug-likeness (QED) is 0.864. The van der Waals surface area contributed by atoms with Gasteiger partial charge in [-0.05, 0) is 44.1 Å². The molecule has 23 heavy (non-hydrogen) atoms. The fourth-order valence-corrected chi connectivity index (χ4v) is 3.70. The summed E-state index contributed by atoms with van der Waals surface area (Å²) in [5.74, 6) is 1.88. The highest BCUT2D eigenvalue weighted by Gasteiger charge is 2.28. The van der Waals surface area contributed by atoms with E-state index in [0.717, 1.165) is 44.2 Å². The maximum Gasteiger partial charge on any atom is 0.123 e. The first-order chi connectivity index (χ1) is 11.3. The lowest BCUT2D eigenvalue weighted by Gasteiger charge is -2.36. The normalized spacial score (nSPS) is 21.3. The number of piperazine rings is 1. The number of ether oxygens (including phenoxy) is 2. The maximum atomic E-state index is 5.66. The minimum absolute atomic E-state index is 0.376. The Kier molecular flexibility index (Phi) is 5.75. The highest BCUT2D eigenvalue weighted by Crippen LogP contribution is 2.35. The molecule has 1 unspecified atom stereocenters. The smallest absolute Gasteiger partial charge is 0.123 e. The number of nitrogens with zero attached hydrogens (tertiary/aromatic N) is 2. The lowest BCUT2D eigenvalue weighted by molar-refractivity contribution is 0.147. The summed E-state index contributed by atoms with van der Waals surface area (Å²) >= 11 is 0. The summed E-state index contributed by atoms with van der Waals surface area (Å²) in [5.41, 5.74) is 1.26. The zero-order valence-corrected chi connectivity index (χ0v) is 14.4. The van der Waals surface area contributed by atoms with Gasteiger partial charge in [-0.15, -0.1) is 0 Å². The van der Waals surface area contributed by atoms with Gasteiger partial charge in [-0.3, -0.25) is 9.80 Å². The molecule has 2 aliphatic heterocycles. The van der Waals surface area contributed by atoms with E-state index in [-0.39, 0.29) is 0 Å². The van der Waals surface area contributed by atoms with Gasteiger partial charge in [0, 0.05) is 38.3 Å². The van der Waals surface area contributed by atoms with Gasteiger partial charge in [-0.2, -0.15) is 0 Å². The summed E-state index contributed by atoms with van der Waals surface area (Å²) in [5, 5.41) is 3.44. The van der Waals surface area contributed by atoms with Crippen molar-refractivity contribution in [1.29, 1.82) is 0 Å². The first kappa shape index (κ1) is 16.6. The Morgan fingerprint density at radius 3 is 2.43 bits per heavy atom. The van der Waals surface area contributed by atoms with Crippen LogP contribution in [0.4, 0.5) is 0 Å². The van der Waals surface area contributed by atoms with E-state index in [2.05, 4.69) is 21.2 Å². The topological polar surface area (TPSA) is 37.0 Å². The third-order valence-electron chi connectivity index (χ3n) is 5.02. The first-order valence-electron chi connectivity index (χ1n) is 8.71. The van der Waals surface area contributed by atoms with Crippen LogP contribution in [0.25, 0.3) is 0 Å². The molecule has 0 spiro atoms. The summed E-state index contributed by atoms with van der Waals surface area (Å²) in [6.45, 7) is 7.83. The van der Waals surface area contributed by atoms with Crippen LogP contribution in [0, 0.1) is 0 Å². The number of methoxy groups -OCH3 is 2. The van der Waals surface area contributed by atoms with Crippen LogP contribution < -0.4 is 14.8 Å². The molecule has 2 aliphatic rings. The number of nitrogens with one attached hydrogen (secondary N) is 1. The van der Waals surface area contributed by atoms with E-state index >= 15 is 0 Å². The molecule has 2 heterocycles. The number of benzene rings is 1. The van der Waals surface area contributed by atoms with Crippen LogP contribution in [-0.2, 0) is 0 Å². The third-order valence-corrected chi connectivity index (χ3v) is 5.02. The molecular weight excluding hydrogens is 290 g/mol. The van der Waals surface area contributed by atoms with Gasteiger partial charge in [-0.1, -0.05) is 0 Å². The van der Waals surface area contributed by atoms with Gasteiger partial charge in [0.2, 0.25) is 0 Å². The second kappa shape index (κ2) is 7.99. The van der Waals surface area contributed by atoms with Crippen molar-refractivity contribution in [3.05, 3.63) is 23.8 Å². The molecule has 2 fully saturated rings. The Bertz CT molecular complexity index is 497. The predicted octanol–water partition coefficient (Wildman–Crippen LogP) is 1.75. The number of likely N-dealkylation sites (tertiary alicyclic amines) is 1. The van der Waals surface area contributed by atoms with Crippen LogP contribution >= 0.6 is 0 Å². The Morgan fingerprint density at radius 2 is 1.78 bits per heavy atom. The Hall–Kier alpha value is -1.30. The molecule has 3 rings (SSSR count). The van der Waals surface area contributed by atoms with Crippen LogP contribution in [0.1, 0.15) is 24.4 Å². The molecule has 0 bridgehead atoms. The second-order valence-electron chi connectivity index (χ2n) is 6.42. The summed E-state index contributed by atoms with van der Waals surface area (Å²) in [6, 6.07) is 6.55. The largest absolute Gasteiger partial charge is 0.497 e. The zero-order valence-electron chi connectivity index (χ0n) is 14.4. The molecular formula is C18H29N3O2. The van der Waals surface area contributed by atoms with Crippen LogP contribution in [0.5, 0.6) is 11.5 Å². The van der Waals surface area contributed by atoms with E-state index < -0.39 is 0 Å². The summed E-state index contributed by atoms with van der Waals surface area (Å²) < 4.78 is 11.1. The van der Waals surface area contributed by atoms with Crippen molar-refractivity contribution in [3.8, 4) is 11.5 Å². The van der Waals surface area contributed by atoms with E-state index in [1.807, 2.05) is 12.1 Å². The Labute approximate surface area is 139 Å². The van der Waals surface area contributed by atoms with Crippen molar-refractivity contribution in [2.24, 2.45) is 0 Å². The van der Waals surface area contributed by atoms with Gasteiger partial charge < -0.3 is 14.8 Å². The SMILES string of the molecule is COc1ccc(OC)c(C(CN2CCNCC2)N2CCCC2)c1. The average Bonchev–Trinajstić information content (AvgIpc) is 3.14. The van der Waals surface area contributed by atoms with Crippen LogP contribution in [0.15, 0.2) is 18.2 Å². The lowest BCUT2D eigenvalue weighted by atomic mass is 10.0. The highest BCUT2D eigenvalue weighted by molar-refractivity contribution is 5.42. The molecule has 0 aliphatic carbocycles. The molecule has 2 saturated heterocycles. The Morgan fingerprint density at radius 1 is 1.04 bits per heavy atom. The van der Waals surface area contributed by atoms with E-state index in [1.54, 1.807) is 14.2 Å². The summed E-state index contributed by atoms with van der Waals surface area (Å²) in [4.78, 5) is 5.18. The van der Waals surface area contributed by atoms with Crippen molar-refractivity contribution in [2.45, 2.75) is 18.9 Å². The molecule has 0 aromatic heterocycles. The van der Waals surface area contributed by atoms with Gasteiger partial charge in [0.25, 0.3) is 0 Å². The van der Waals surface area contributed by atoms with Crippen LogP contribution in [0.3, 0.4) is 0 Å². The molecule has 1 aromatic rings. The molecule has 1 N–H and O–H groups in total. The van der Waals surface area contributed by atoms with Crippen molar-refractivity contribution in [3.63, 3.8) is 0 Å². The van der Waals surface area contributed by atoms with E-state index in [9.17, 15) is 0 Å². The predicted molar refractivity (Wildman–Crippen MR) is 92.4 cm³/mol. The van der Waals surface area contributed by atoms with Crippen molar-refractivity contribution in [1.82, 2.24) is 15.1 Å². The fourth-order valence-electron chi connectivity index (χ4n) is 3.70. The molecule has 5 nitrogen and oxygen atoms in total. The minimum atomic E-state index is 0.376. The Balaban J connectivity index is 1.86. The zero-order chi connectivity index (χ0) is 16.1. The van der Waals surface area contributed by atoms with Gasteiger partial charge in [0.1, 0.15) is 11.5 Å². The van der Waals surface area contributed by atoms with Crippen LogP contribution in [-0.4, -0.2) is 69.8 Å². The van der Waals surface area contributed by atoms with Gasteiger partial charge >= 0.3 is 0 Å². The number of rotatable bonds is 6. The lowest BCUT2D eigenvalue weighted by Crippen LogP contribution is -2.47. The highest BCUT2D eigenvalue weighted by atomic mass is 16.5. The average molecular weight is 319 g/mol. The molecule has 128 valence electrons. The second-order valence-corrected chi connectivity index (χ2v) is 6.42. The van der Waals surface area contributed by atoms with E-state index in [4.69, 9.17) is 9.47 Å².